The number of hydrogen-bond donors (Lipinski definition) is 1. The maximum Gasteiger partial charge on any atom is 0.348 e. The standard InChI is InChI=1S/C14H21N3O4S2.ClH/c1-21-14(18)12-2-3-13(22-12)23(19,20)17-7-4-11(10-17)16-8-5-15-6-9-16;/h2-3,11,15H,4-10H2,1H3;1H. The van der Waals surface area contributed by atoms with Crippen LogP contribution in [0.15, 0.2) is 16.3 Å². The highest BCUT2D eigenvalue weighted by Gasteiger charge is 2.36. The van der Waals surface area contributed by atoms with E-state index in [0.717, 1.165) is 43.9 Å². The Morgan fingerprint density at radius 2 is 2.00 bits per heavy atom. The largest absolute Gasteiger partial charge is 0.465 e. The van der Waals surface area contributed by atoms with Gasteiger partial charge in [-0.25, -0.2) is 13.2 Å². The summed E-state index contributed by atoms with van der Waals surface area (Å²) in [5, 5.41) is 3.31. The van der Waals surface area contributed by atoms with Crippen molar-refractivity contribution in [3.05, 3.63) is 17.0 Å². The smallest absolute Gasteiger partial charge is 0.348 e. The maximum atomic E-state index is 12.7. The van der Waals surface area contributed by atoms with E-state index in [-0.39, 0.29) is 22.7 Å². The number of carbonyl (C=O) groups is 1. The Kier molecular flexibility index (Phi) is 6.63. The molecule has 1 unspecified atom stereocenters. The van der Waals surface area contributed by atoms with Gasteiger partial charge in [0, 0.05) is 45.3 Å². The molecule has 3 heterocycles. The predicted octanol–water partition coefficient (Wildman–Crippen LogP) is 0.625. The van der Waals surface area contributed by atoms with E-state index in [1.165, 1.54) is 23.5 Å². The first kappa shape index (κ1) is 19.6. The molecule has 0 saturated carbocycles. The Balaban J connectivity index is 0.00000208. The molecule has 10 heteroatoms. The lowest BCUT2D eigenvalue weighted by atomic mass is 10.2. The van der Waals surface area contributed by atoms with Crippen LogP contribution in [0.4, 0.5) is 0 Å². The fourth-order valence-electron chi connectivity index (χ4n) is 3.07. The van der Waals surface area contributed by atoms with Crippen LogP contribution in [0.2, 0.25) is 0 Å². The second-order valence-corrected chi connectivity index (χ2v) is 8.95. The van der Waals surface area contributed by atoms with Crippen LogP contribution in [0.3, 0.4) is 0 Å². The van der Waals surface area contributed by atoms with Crippen molar-refractivity contribution in [3.8, 4) is 0 Å². The molecule has 0 radical (unpaired) electrons. The molecular formula is C14H22ClN3O4S2. The number of hydrogen-bond acceptors (Lipinski definition) is 7. The highest BCUT2D eigenvalue weighted by atomic mass is 35.5. The molecule has 136 valence electrons. The van der Waals surface area contributed by atoms with E-state index >= 15 is 0 Å². The van der Waals surface area contributed by atoms with Crippen molar-refractivity contribution >= 4 is 39.7 Å². The summed E-state index contributed by atoms with van der Waals surface area (Å²) in [5.41, 5.74) is 0. The third kappa shape index (κ3) is 3.92. The zero-order chi connectivity index (χ0) is 16.4. The van der Waals surface area contributed by atoms with Crippen molar-refractivity contribution in [3.63, 3.8) is 0 Å². The quantitative estimate of drug-likeness (QED) is 0.753. The van der Waals surface area contributed by atoms with Gasteiger partial charge in [0.25, 0.3) is 10.0 Å². The van der Waals surface area contributed by atoms with E-state index < -0.39 is 16.0 Å². The van der Waals surface area contributed by atoms with Gasteiger partial charge in [-0.1, -0.05) is 0 Å². The minimum Gasteiger partial charge on any atom is -0.465 e. The summed E-state index contributed by atoms with van der Waals surface area (Å²) in [6, 6.07) is 3.28. The second-order valence-electron chi connectivity index (χ2n) is 5.70. The van der Waals surface area contributed by atoms with Gasteiger partial charge in [0.2, 0.25) is 0 Å². The zero-order valence-electron chi connectivity index (χ0n) is 13.4. The van der Waals surface area contributed by atoms with Gasteiger partial charge in [-0.2, -0.15) is 4.31 Å². The number of sulfonamides is 1. The first-order valence-corrected chi connectivity index (χ1v) is 9.91. The van der Waals surface area contributed by atoms with Gasteiger partial charge >= 0.3 is 5.97 Å². The lowest BCUT2D eigenvalue weighted by Crippen LogP contribution is -2.49. The Bertz CT molecular complexity index is 673. The van der Waals surface area contributed by atoms with E-state index in [2.05, 4.69) is 15.0 Å². The number of piperazine rings is 1. The van der Waals surface area contributed by atoms with Crippen LogP contribution in [0, 0.1) is 0 Å². The van der Waals surface area contributed by atoms with Crippen molar-refractivity contribution in [2.75, 3.05) is 46.4 Å². The van der Waals surface area contributed by atoms with E-state index in [1.807, 2.05) is 0 Å². The zero-order valence-corrected chi connectivity index (χ0v) is 15.9. The average molecular weight is 396 g/mol. The molecule has 0 aliphatic carbocycles. The molecule has 0 aromatic carbocycles. The highest BCUT2D eigenvalue weighted by molar-refractivity contribution is 7.91. The van der Waals surface area contributed by atoms with Crippen molar-refractivity contribution in [1.82, 2.24) is 14.5 Å². The molecule has 2 aliphatic rings. The number of methoxy groups -OCH3 is 1. The van der Waals surface area contributed by atoms with E-state index in [0.29, 0.717) is 18.0 Å². The summed E-state index contributed by atoms with van der Waals surface area (Å²) in [4.78, 5) is 14.2. The van der Waals surface area contributed by atoms with Crippen LogP contribution in [-0.2, 0) is 14.8 Å². The van der Waals surface area contributed by atoms with Crippen LogP contribution in [0.5, 0.6) is 0 Å². The molecule has 0 amide bonds. The molecule has 1 N–H and O–H groups in total. The minimum atomic E-state index is -3.53. The Labute approximate surface area is 152 Å². The van der Waals surface area contributed by atoms with Crippen molar-refractivity contribution in [1.29, 1.82) is 0 Å². The molecule has 1 aromatic rings. The van der Waals surface area contributed by atoms with Gasteiger partial charge in [0.05, 0.1) is 7.11 Å². The number of carbonyl (C=O) groups excluding carboxylic acids is 1. The lowest BCUT2D eigenvalue weighted by Gasteiger charge is -2.32. The number of ether oxygens (including phenoxy) is 1. The van der Waals surface area contributed by atoms with Gasteiger partial charge in [-0.05, 0) is 18.6 Å². The third-order valence-corrected chi connectivity index (χ3v) is 7.75. The van der Waals surface area contributed by atoms with Gasteiger partial charge in [0.15, 0.2) is 0 Å². The Hall–Kier alpha value is -0.710. The van der Waals surface area contributed by atoms with Crippen LogP contribution in [-0.4, -0.2) is 76.0 Å². The molecule has 7 nitrogen and oxygen atoms in total. The van der Waals surface area contributed by atoms with Crippen LogP contribution in [0.1, 0.15) is 16.1 Å². The minimum absolute atomic E-state index is 0. The molecular weight excluding hydrogens is 374 g/mol. The summed E-state index contributed by atoms with van der Waals surface area (Å²) >= 11 is 0.968. The average Bonchev–Trinajstić information content (AvgIpc) is 3.25. The molecule has 2 fully saturated rings. The fraction of sp³-hybridized carbons (Fsp3) is 0.643. The molecule has 2 aliphatic heterocycles. The summed E-state index contributed by atoms with van der Waals surface area (Å²) in [7, 11) is -2.24. The van der Waals surface area contributed by atoms with Crippen LogP contribution < -0.4 is 5.32 Å². The van der Waals surface area contributed by atoms with E-state index in [4.69, 9.17) is 0 Å². The topological polar surface area (TPSA) is 79.0 Å². The number of nitrogens with zero attached hydrogens (tertiary/aromatic N) is 2. The summed E-state index contributed by atoms with van der Waals surface area (Å²) in [6.07, 6.45) is 0.856. The van der Waals surface area contributed by atoms with Crippen molar-refractivity contribution < 1.29 is 17.9 Å². The number of halogens is 1. The summed E-state index contributed by atoms with van der Waals surface area (Å²) < 4.78 is 31.9. The highest BCUT2D eigenvalue weighted by Crippen LogP contribution is 2.29. The lowest BCUT2D eigenvalue weighted by molar-refractivity contribution is 0.0606. The monoisotopic (exact) mass is 395 g/mol. The third-order valence-electron chi connectivity index (χ3n) is 4.36. The normalized spacial score (nSPS) is 23.0. The number of esters is 1. The first-order valence-electron chi connectivity index (χ1n) is 7.65. The second kappa shape index (κ2) is 8.11. The molecule has 2 saturated heterocycles. The summed E-state index contributed by atoms with van der Waals surface area (Å²) in [6.45, 7) is 4.89. The maximum absolute atomic E-state index is 12.7. The van der Waals surface area contributed by atoms with Crippen molar-refractivity contribution in [2.24, 2.45) is 0 Å². The number of nitrogens with one attached hydrogen (secondary N) is 1. The molecule has 0 bridgehead atoms. The molecule has 0 spiro atoms. The molecule has 24 heavy (non-hydrogen) atoms. The predicted molar refractivity (Wildman–Crippen MR) is 94.5 cm³/mol. The molecule has 1 aromatic heterocycles. The Morgan fingerprint density at radius 1 is 1.29 bits per heavy atom. The van der Waals surface area contributed by atoms with E-state index in [1.54, 1.807) is 0 Å². The van der Waals surface area contributed by atoms with Gasteiger partial charge in [-0.3, -0.25) is 4.90 Å². The molecule has 1 atom stereocenters. The fourth-order valence-corrected chi connectivity index (χ4v) is 5.94. The van der Waals surface area contributed by atoms with Crippen molar-refractivity contribution in [2.45, 2.75) is 16.7 Å². The van der Waals surface area contributed by atoms with E-state index in [9.17, 15) is 13.2 Å². The molecule has 3 rings (SSSR count). The first-order chi connectivity index (χ1) is 11.0. The van der Waals surface area contributed by atoms with Crippen LogP contribution >= 0.6 is 23.7 Å². The number of rotatable bonds is 4. The van der Waals surface area contributed by atoms with Gasteiger partial charge in [0.1, 0.15) is 9.09 Å². The van der Waals surface area contributed by atoms with Gasteiger partial charge in [-0.15, -0.1) is 23.7 Å². The SMILES string of the molecule is COC(=O)c1ccc(S(=O)(=O)N2CCC(N3CCNCC3)C2)s1.Cl. The van der Waals surface area contributed by atoms with Gasteiger partial charge < -0.3 is 10.1 Å². The Morgan fingerprint density at radius 3 is 2.67 bits per heavy atom. The number of thiophene rings is 1. The van der Waals surface area contributed by atoms with Crippen LogP contribution in [0.25, 0.3) is 0 Å². The summed E-state index contributed by atoms with van der Waals surface area (Å²) in [5.74, 6) is -0.503.